The highest BCUT2D eigenvalue weighted by Crippen LogP contribution is 2.23. The van der Waals surface area contributed by atoms with Crippen LogP contribution in [0.25, 0.3) is 0 Å². The van der Waals surface area contributed by atoms with Gasteiger partial charge in [0.1, 0.15) is 11.7 Å². The number of ketones is 1. The van der Waals surface area contributed by atoms with Crippen molar-refractivity contribution in [1.82, 2.24) is 4.98 Å². The minimum atomic E-state index is -1.12. The first-order valence-corrected chi connectivity index (χ1v) is 6.49. The second-order valence-electron chi connectivity index (χ2n) is 4.34. The number of halogens is 1. The molecule has 0 bridgehead atoms. The summed E-state index contributed by atoms with van der Waals surface area (Å²) >= 11 is 0. The van der Waals surface area contributed by atoms with Gasteiger partial charge in [0, 0.05) is 18.0 Å². The van der Waals surface area contributed by atoms with Crippen LogP contribution in [0.5, 0.6) is 0 Å². The predicted octanol–water partition coefficient (Wildman–Crippen LogP) is 2.75. The minimum Gasteiger partial charge on any atom is -0.465 e. The fourth-order valence-electron chi connectivity index (χ4n) is 1.95. The zero-order valence-electron chi connectivity index (χ0n) is 11.5. The molecule has 2 aromatic rings. The van der Waals surface area contributed by atoms with Crippen LogP contribution in [0, 0.1) is 5.82 Å². The van der Waals surface area contributed by atoms with E-state index in [0.717, 1.165) is 0 Å². The molecule has 5 heteroatoms. The average Bonchev–Trinajstić information content (AvgIpc) is 2.50. The molecule has 108 valence electrons. The predicted molar refractivity (Wildman–Crippen MR) is 74.3 cm³/mol. The second kappa shape index (κ2) is 6.74. The van der Waals surface area contributed by atoms with Gasteiger partial charge >= 0.3 is 5.97 Å². The van der Waals surface area contributed by atoms with Gasteiger partial charge in [0.25, 0.3) is 0 Å². The lowest BCUT2D eigenvalue weighted by Gasteiger charge is -2.15. The van der Waals surface area contributed by atoms with Crippen LogP contribution >= 0.6 is 0 Å². The molecule has 0 aliphatic heterocycles. The van der Waals surface area contributed by atoms with Gasteiger partial charge in [-0.1, -0.05) is 12.1 Å². The number of carbonyl (C=O) groups excluding carboxylic acids is 2. The van der Waals surface area contributed by atoms with Crippen LogP contribution in [0.3, 0.4) is 0 Å². The van der Waals surface area contributed by atoms with Gasteiger partial charge < -0.3 is 4.74 Å². The molecular weight excluding hydrogens is 273 g/mol. The van der Waals surface area contributed by atoms with Crippen LogP contribution in [0.1, 0.15) is 28.8 Å². The summed E-state index contributed by atoms with van der Waals surface area (Å²) in [7, 11) is 0. The molecule has 0 fully saturated rings. The second-order valence-corrected chi connectivity index (χ2v) is 4.34. The van der Waals surface area contributed by atoms with Gasteiger partial charge in [0.2, 0.25) is 0 Å². The molecular formula is C16H14FNO3. The Balaban J connectivity index is 2.39. The molecule has 0 aliphatic rings. The summed E-state index contributed by atoms with van der Waals surface area (Å²) < 4.78 is 18.0. The highest BCUT2D eigenvalue weighted by Gasteiger charge is 2.30. The van der Waals surface area contributed by atoms with E-state index in [2.05, 4.69) is 4.98 Å². The maximum absolute atomic E-state index is 13.0. The van der Waals surface area contributed by atoms with Gasteiger partial charge in [0.05, 0.1) is 6.61 Å². The van der Waals surface area contributed by atoms with E-state index in [1.807, 2.05) is 0 Å². The summed E-state index contributed by atoms with van der Waals surface area (Å²) in [5.74, 6) is -2.63. The van der Waals surface area contributed by atoms with E-state index in [0.29, 0.717) is 11.1 Å². The number of benzene rings is 1. The number of esters is 1. The Labute approximate surface area is 121 Å². The Morgan fingerprint density at radius 2 is 1.95 bits per heavy atom. The number of ether oxygens (including phenoxy) is 1. The Kier molecular flexibility index (Phi) is 4.77. The highest BCUT2D eigenvalue weighted by atomic mass is 19.1. The number of pyridine rings is 1. The first-order valence-electron chi connectivity index (χ1n) is 6.49. The topological polar surface area (TPSA) is 56.3 Å². The Hall–Kier alpha value is -2.56. The van der Waals surface area contributed by atoms with E-state index in [1.165, 1.54) is 36.7 Å². The van der Waals surface area contributed by atoms with Crippen molar-refractivity contribution in [2.75, 3.05) is 6.61 Å². The molecule has 1 aromatic heterocycles. The molecule has 0 spiro atoms. The lowest BCUT2D eigenvalue weighted by atomic mass is 9.91. The van der Waals surface area contributed by atoms with E-state index >= 15 is 0 Å². The van der Waals surface area contributed by atoms with Crippen molar-refractivity contribution in [1.29, 1.82) is 0 Å². The monoisotopic (exact) mass is 287 g/mol. The summed E-state index contributed by atoms with van der Waals surface area (Å²) in [5, 5.41) is 0. The summed E-state index contributed by atoms with van der Waals surface area (Å²) in [6.45, 7) is 1.82. The summed E-state index contributed by atoms with van der Waals surface area (Å²) in [6, 6.07) is 8.41. The van der Waals surface area contributed by atoms with Crippen LogP contribution in [0.2, 0.25) is 0 Å². The zero-order valence-corrected chi connectivity index (χ0v) is 11.5. The zero-order chi connectivity index (χ0) is 15.2. The molecule has 1 unspecified atom stereocenters. The number of carbonyl (C=O) groups is 2. The normalized spacial score (nSPS) is 11.7. The molecule has 4 nitrogen and oxygen atoms in total. The van der Waals surface area contributed by atoms with Crippen LogP contribution in [0.4, 0.5) is 4.39 Å². The molecule has 0 radical (unpaired) electrons. The number of nitrogens with zero attached hydrogens (tertiary/aromatic N) is 1. The third kappa shape index (κ3) is 3.51. The smallest absolute Gasteiger partial charge is 0.321 e. The van der Waals surface area contributed by atoms with Crippen molar-refractivity contribution >= 4 is 11.8 Å². The quantitative estimate of drug-likeness (QED) is 0.482. The van der Waals surface area contributed by atoms with Crippen LogP contribution in [-0.4, -0.2) is 23.3 Å². The first kappa shape index (κ1) is 14.8. The summed E-state index contributed by atoms with van der Waals surface area (Å²) in [5.41, 5.74) is 0.698. The fraction of sp³-hybridized carbons (Fsp3) is 0.188. The molecule has 2 rings (SSSR count). The van der Waals surface area contributed by atoms with Crippen molar-refractivity contribution in [3.8, 4) is 0 Å². The van der Waals surface area contributed by atoms with Gasteiger partial charge in [-0.05, 0) is 36.8 Å². The maximum atomic E-state index is 13.0. The van der Waals surface area contributed by atoms with Crippen molar-refractivity contribution in [3.63, 3.8) is 0 Å². The lowest BCUT2D eigenvalue weighted by Crippen LogP contribution is -2.24. The SMILES string of the molecule is CCOC(=O)C(C(=O)c1cccnc1)c1ccc(F)cc1. The van der Waals surface area contributed by atoms with Gasteiger partial charge in [-0.25, -0.2) is 4.39 Å². The third-order valence-corrected chi connectivity index (χ3v) is 2.93. The third-order valence-electron chi connectivity index (χ3n) is 2.93. The molecule has 1 aromatic carbocycles. The van der Waals surface area contributed by atoms with Crippen LogP contribution < -0.4 is 0 Å². The van der Waals surface area contributed by atoms with E-state index in [-0.39, 0.29) is 6.61 Å². The molecule has 1 atom stereocenters. The van der Waals surface area contributed by atoms with Gasteiger partial charge in [-0.15, -0.1) is 0 Å². The van der Waals surface area contributed by atoms with Gasteiger partial charge in [0.15, 0.2) is 5.78 Å². The van der Waals surface area contributed by atoms with Gasteiger partial charge in [-0.3, -0.25) is 14.6 Å². The van der Waals surface area contributed by atoms with E-state index < -0.39 is 23.5 Å². The molecule has 0 saturated carbocycles. The average molecular weight is 287 g/mol. The van der Waals surface area contributed by atoms with E-state index in [9.17, 15) is 14.0 Å². The van der Waals surface area contributed by atoms with Gasteiger partial charge in [-0.2, -0.15) is 0 Å². The number of Topliss-reactive ketones (excluding diaryl/α,β-unsaturated/α-hetero) is 1. The Bertz CT molecular complexity index is 626. The minimum absolute atomic E-state index is 0.164. The Morgan fingerprint density at radius 3 is 2.52 bits per heavy atom. The summed E-state index contributed by atoms with van der Waals surface area (Å²) in [4.78, 5) is 28.5. The standard InChI is InChI=1S/C16H14FNO3/c1-2-21-16(20)14(11-5-7-13(17)8-6-11)15(19)12-4-3-9-18-10-12/h3-10,14H,2H2,1H3. The molecule has 0 amide bonds. The largest absolute Gasteiger partial charge is 0.465 e. The molecule has 0 N–H and O–H groups in total. The van der Waals surface area contributed by atoms with Crippen molar-refractivity contribution in [3.05, 3.63) is 65.7 Å². The van der Waals surface area contributed by atoms with Crippen molar-refractivity contribution in [2.45, 2.75) is 12.8 Å². The van der Waals surface area contributed by atoms with Crippen molar-refractivity contribution < 1.29 is 18.7 Å². The van der Waals surface area contributed by atoms with Crippen LogP contribution in [0.15, 0.2) is 48.8 Å². The Morgan fingerprint density at radius 1 is 1.24 bits per heavy atom. The highest BCUT2D eigenvalue weighted by molar-refractivity contribution is 6.12. The maximum Gasteiger partial charge on any atom is 0.321 e. The number of rotatable bonds is 5. The number of hydrogen-bond acceptors (Lipinski definition) is 4. The fourth-order valence-corrected chi connectivity index (χ4v) is 1.95. The van der Waals surface area contributed by atoms with Crippen LogP contribution in [-0.2, 0) is 9.53 Å². The van der Waals surface area contributed by atoms with E-state index in [4.69, 9.17) is 4.74 Å². The molecule has 0 aliphatic carbocycles. The number of aromatic nitrogens is 1. The molecule has 0 saturated heterocycles. The molecule has 1 heterocycles. The molecule has 21 heavy (non-hydrogen) atoms. The van der Waals surface area contributed by atoms with E-state index in [1.54, 1.807) is 19.1 Å². The summed E-state index contributed by atoms with van der Waals surface area (Å²) in [6.07, 6.45) is 2.92. The first-order chi connectivity index (χ1) is 10.1. The van der Waals surface area contributed by atoms with Crippen molar-refractivity contribution in [2.24, 2.45) is 0 Å². The number of hydrogen-bond donors (Lipinski definition) is 0. The lowest BCUT2D eigenvalue weighted by molar-refractivity contribution is -0.143.